The highest BCUT2D eigenvalue weighted by molar-refractivity contribution is 7.99. The van der Waals surface area contributed by atoms with Gasteiger partial charge in [0.15, 0.2) is 0 Å². The molecule has 16 heavy (non-hydrogen) atoms. The van der Waals surface area contributed by atoms with Gasteiger partial charge in [-0.25, -0.2) is 4.39 Å². The molecule has 0 aromatic heterocycles. The zero-order valence-electron chi connectivity index (χ0n) is 9.66. The van der Waals surface area contributed by atoms with E-state index in [1.54, 1.807) is 6.92 Å². The maximum atomic E-state index is 13.3. The Morgan fingerprint density at radius 1 is 1.50 bits per heavy atom. The van der Waals surface area contributed by atoms with Gasteiger partial charge >= 0.3 is 0 Å². The van der Waals surface area contributed by atoms with E-state index in [1.165, 1.54) is 6.07 Å². The molecule has 1 aromatic rings. The Labute approximate surface area is 100 Å². The van der Waals surface area contributed by atoms with Gasteiger partial charge in [-0.3, -0.25) is 0 Å². The lowest BCUT2D eigenvalue weighted by Crippen LogP contribution is -2.40. The van der Waals surface area contributed by atoms with Crippen LogP contribution in [0.3, 0.4) is 0 Å². The van der Waals surface area contributed by atoms with Crippen LogP contribution in [0.1, 0.15) is 12.5 Å². The molecule has 0 saturated carbocycles. The fourth-order valence-corrected chi connectivity index (χ4v) is 3.03. The first-order valence-corrected chi connectivity index (χ1v) is 6.65. The van der Waals surface area contributed by atoms with Crippen LogP contribution >= 0.6 is 11.8 Å². The van der Waals surface area contributed by atoms with Gasteiger partial charge in [0.1, 0.15) is 5.82 Å². The third kappa shape index (κ3) is 2.12. The first kappa shape index (κ1) is 11.6. The predicted molar refractivity (Wildman–Crippen MR) is 69.7 cm³/mol. The molecular formula is C12H17FN2S. The standard InChI is InChI=1S/C12H17FN2S/c1-8-5-12(11(14)6-10(8)13)15-3-4-16-7-9(15)2/h5-6,9H,3-4,7,14H2,1-2H3. The van der Waals surface area contributed by atoms with Crippen molar-refractivity contribution in [2.45, 2.75) is 19.9 Å². The summed E-state index contributed by atoms with van der Waals surface area (Å²) in [6.07, 6.45) is 0. The van der Waals surface area contributed by atoms with Crippen LogP contribution in [0.25, 0.3) is 0 Å². The van der Waals surface area contributed by atoms with E-state index in [-0.39, 0.29) is 5.82 Å². The fourth-order valence-electron chi connectivity index (χ4n) is 2.02. The second-order valence-electron chi connectivity index (χ2n) is 4.28. The largest absolute Gasteiger partial charge is 0.397 e. The summed E-state index contributed by atoms with van der Waals surface area (Å²) in [6, 6.07) is 3.75. The number of benzene rings is 1. The molecule has 1 aliphatic heterocycles. The van der Waals surface area contributed by atoms with Crippen LogP contribution < -0.4 is 10.6 Å². The number of hydrogen-bond donors (Lipinski definition) is 1. The highest BCUT2D eigenvalue weighted by atomic mass is 32.2. The molecule has 0 bridgehead atoms. The summed E-state index contributed by atoms with van der Waals surface area (Å²) < 4.78 is 13.3. The van der Waals surface area contributed by atoms with Crippen molar-refractivity contribution in [2.75, 3.05) is 28.7 Å². The molecule has 2 N–H and O–H groups in total. The lowest BCUT2D eigenvalue weighted by atomic mass is 10.1. The Hall–Kier alpha value is -0.900. The number of halogens is 1. The molecule has 0 spiro atoms. The quantitative estimate of drug-likeness (QED) is 0.765. The van der Waals surface area contributed by atoms with Crippen molar-refractivity contribution in [2.24, 2.45) is 0 Å². The van der Waals surface area contributed by atoms with E-state index in [4.69, 9.17) is 5.73 Å². The van der Waals surface area contributed by atoms with Crippen molar-refractivity contribution in [3.8, 4) is 0 Å². The van der Waals surface area contributed by atoms with Crippen molar-refractivity contribution < 1.29 is 4.39 Å². The Morgan fingerprint density at radius 2 is 2.25 bits per heavy atom. The number of hydrogen-bond acceptors (Lipinski definition) is 3. The maximum Gasteiger partial charge on any atom is 0.128 e. The third-order valence-electron chi connectivity index (χ3n) is 2.99. The molecule has 4 heteroatoms. The van der Waals surface area contributed by atoms with Gasteiger partial charge in [0.2, 0.25) is 0 Å². The number of nitrogen functional groups attached to an aromatic ring is 1. The van der Waals surface area contributed by atoms with Crippen LogP contribution in [0, 0.1) is 12.7 Å². The summed E-state index contributed by atoms with van der Waals surface area (Å²) in [6.45, 7) is 4.95. The van der Waals surface area contributed by atoms with Gasteiger partial charge in [0, 0.05) is 24.1 Å². The average Bonchev–Trinajstić information content (AvgIpc) is 2.25. The number of rotatable bonds is 1. The van der Waals surface area contributed by atoms with E-state index in [0.29, 0.717) is 17.3 Å². The minimum Gasteiger partial charge on any atom is -0.397 e. The van der Waals surface area contributed by atoms with Crippen LogP contribution in [-0.2, 0) is 0 Å². The highest BCUT2D eigenvalue weighted by Crippen LogP contribution is 2.30. The van der Waals surface area contributed by atoms with Gasteiger partial charge in [-0.2, -0.15) is 11.8 Å². The number of aryl methyl sites for hydroxylation is 1. The lowest BCUT2D eigenvalue weighted by Gasteiger charge is -2.36. The number of nitrogens with two attached hydrogens (primary N) is 1. The molecule has 1 unspecified atom stereocenters. The summed E-state index contributed by atoms with van der Waals surface area (Å²) in [5, 5.41) is 0. The first-order valence-electron chi connectivity index (χ1n) is 5.49. The minimum atomic E-state index is -0.222. The van der Waals surface area contributed by atoms with Crippen molar-refractivity contribution in [1.29, 1.82) is 0 Å². The van der Waals surface area contributed by atoms with Gasteiger partial charge in [-0.15, -0.1) is 0 Å². The second-order valence-corrected chi connectivity index (χ2v) is 5.43. The van der Waals surface area contributed by atoms with Gasteiger partial charge < -0.3 is 10.6 Å². The van der Waals surface area contributed by atoms with Crippen molar-refractivity contribution in [3.63, 3.8) is 0 Å². The highest BCUT2D eigenvalue weighted by Gasteiger charge is 2.21. The van der Waals surface area contributed by atoms with Crippen LogP contribution in [0.4, 0.5) is 15.8 Å². The molecule has 1 aromatic carbocycles. The van der Waals surface area contributed by atoms with E-state index in [1.807, 2.05) is 17.8 Å². The first-order chi connectivity index (χ1) is 7.59. The lowest BCUT2D eigenvalue weighted by molar-refractivity contribution is 0.617. The number of anilines is 2. The fraction of sp³-hybridized carbons (Fsp3) is 0.500. The third-order valence-corrected chi connectivity index (χ3v) is 4.17. The van der Waals surface area contributed by atoms with Crippen LogP contribution in [0.15, 0.2) is 12.1 Å². The monoisotopic (exact) mass is 240 g/mol. The predicted octanol–water partition coefficient (Wildman–Crippen LogP) is 2.66. The van der Waals surface area contributed by atoms with E-state index in [2.05, 4.69) is 11.8 Å². The molecule has 1 heterocycles. The molecule has 1 fully saturated rings. The van der Waals surface area contributed by atoms with Crippen molar-refractivity contribution in [3.05, 3.63) is 23.5 Å². The van der Waals surface area contributed by atoms with Crippen LogP contribution in [-0.4, -0.2) is 24.1 Å². The summed E-state index contributed by atoms with van der Waals surface area (Å²) in [4.78, 5) is 2.28. The van der Waals surface area contributed by atoms with Crippen LogP contribution in [0.5, 0.6) is 0 Å². The van der Waals surface area contributed by atoms with Crippen LogP contribution in [0.2, 0.25) is 0 Å². The van der Waals surface area contributed by atoms with E-state index in [9.17, 15) is 4.39 Å². The van der Waals surface area contributed by atoms with Crippen molar-refractivity contribution >= 4 is 23.1 Å². The molecule has 1 saturated heterocycles. The zero-order chi connectivity index (χ0) is 11.7. The summed E-state index contributed by atoms with van der Waals surface area (Å²) in [5.74, 6) is 2.00. The molecule has 0 radical (unpaired) electrons. The topological polar surface area (TPSA) is 29.3 Å². The molecule has 1 aliphatic rings. The van der Waals surface area contributed by atoms with E-state index < -0.39 is 0 Å². The molecule has 88 valence electrons. The molecule has 1 atom stereocenters. The Kier molecular flexibility index (Phi) is 3.28. The van der Waals surface area contributed by atoms with Gasteiger partial charge in [0.25, 0.3) is 0 Å². The Balaban J connectivity index is 2.35. The normalized spacial score (nSPS) is 21.2. The summed E-state index contributed by atoms with van der Waals surface area (Å²) in [7, 11) is 0. The molecule has 0 amide bonds. The second kappa shape index (κ2) is 4.53. The molecular weight excluding hydrogens is 223 g/mol. The molecule has 2 rings (SSSR count). The molecule has 2 nitrogen and oxygen atoms in total. The number of thioether (sulfide) groups is 1. The van der Waals surface area contributed by atoms with E-state index >= 15 is 0 Å². The Bertz CT molecular complexity index is 395. The van der Waals surface area contributed by atoms with E-state index in [0.717, 1.165) is 23.7 Å². The SMILES string of the molecule is Cc1cc(N2CCSCC2C)c(N)cc1F. The minimum absolute atomic E-state index is 0.222. The number of nitrogens with zero attached hydrogens (tertiary/aromatic N) is 1. The van der Waals surface area contributed by atoms with Gasteiger partial charge in [-0.1, -0.05) is 0 Å². The Morgan fingerprint density at radius 3 is 2.94 bits per heavy atom. The van der Waals surface area contributed by atoms with Gasteiger partial charge in [-0.05, 0) is 31.5 Å². The maximum absolute atomic E-state index is 13.3. The van der Waals surface area contributed by atoms with Crippen molar-refractivity contribution in [1.82, 2.24) is 0 Å². The average molecular weight is 240 g/mol. The van der Waals surface area contributed by atoms with Gasteiger partial charge in [0.05, 0.1) is 11.4 Å². The zero-order valence-corrected chi connectivity index (χ0v) is 10.5. The molecule has 0 aliphatic carbocycles. The smallest absolute Gasteiger partial charge is 0.128 e. The summed E-state index contributed by atoms with van der Waals surface area (Å²) >= 11 is 1.96. The summed E-state index contributed by atoms with van der Waals surface area (Å²) in [5.41, 5.74) is 8.08.